The molecule has 1 aliphatic rings. The molecule has 1 atom stereocenters. The van der Waals surface area contributed by atoms with Gasteiger partial charge in [-0.25, -0.2) is 4.79 Å². The molecule has 0 unspecified atom stereocenters. The topological polar surface area (TPSA) is 78.9 Å². The van der Waals surface area contributed by atoms with Gasteiger partial charge < -0.3 is 20.1 Å². The van der Waals surface area contributed by atoms with Crippen molar-refractivity contribution in [3.05, 3.63) is 29.8 Å². The first-order chi connectivity index (χ1) is 10.1. The summed E-state index contributed by atoms with van der Waals surface area (Å²) in [6.07, 6.45) is -0.194. The van der Waals surface area contributed by atoms with Gasteiger partial charge in [0.1, 0.15) is 5.75 Å². The van der Waals surface area contributed by atoms with E-state index < -0.39 is 6.09 Å². The fraction of sp³-hybridized carbons (Fsp3) is 0.467. The molecule has 2 rings (SSSR count). The predicted molar refractivity (Wildman–Crippen MR) is 77.9 cm³/mol. The zero-order valence-corrected chi connectivity index (χ0v) is 12.0. The Hall–Kier alpha value is -2.08. The van der Waals surface area contributed by atoms with Crippen molar-refractivity contribution in [2.45, 2.75) is 19.4 Å². The Bertz CT molecular complexity index is 518. The Balaban J connectivity index is 1.84. The summed E-state index contributed by atoms with van der Waals surface area (Å²) >= 11 is 0. The summed E-state index contributed by atoms with van der Waals surface area (Å²) in [5.41, 5.74) is 0.571. The standard InChI is InChI=1S/C15H20N2O4/c1-11(18)13-4-2-3-5-14(13)21-9-6-12-10-17(15(19)20)8-7-16-12/h2-5,12,16H,6-10H2,1H3,(H,19,20)/t12-/m1/s1. The van der Waals surface area contributed by atoms with E-state index in [1.807, 2.05) is 6.07 Å². The van der Waals surface area contributed by atoms with E-state index in [-0.39, 0.29) is 11.8 Å². The van der Waals surface area contributed by atoms with E-state index in [2.05, 4.69) is 5.32 Å². The molecule has 1 aromatic carbocycles. The van der Waals surface area contributed by atoms with Gasteiger partial charge in [0.15, 0.2) is 5.78 Å². The van der Waals surface area contributed by atoms with E-state index in [1.54, 1.807) is 18.2 Å². The third-order valence-electron chi connectivity index (χ3n) is 3.52. The Morgan fingerprint density at radius 3 is 2.90 bits per heavy atom. The molecule has 0 radical (unpaired) electrons. The number of amides is 1. The average molecular weight is 292 g/mol. The Morgan fingerprint density at radius 1 is 1.43 bits per heavy atom. The number of hydrogen-bond donors (Lipinski definition) is 2. The molecule has 2 N–H and O–H groups in total. The molecular weight excluding hydrogens is 272 g/mol. The van der Waals surface area contributed by atoms with Crippen LogP contribution in [0.1, 0.15) is 23.7 Å². The zero-order chi connectivity index (χ0) is 15.2. The number of benzene rings is 1. The van der Waals surface area contributed by atoms with Crippen LogP contribution in [0.25, 0.3) is 0 Å². The second kappa shape index (κ2) is 7.08. The van der Waals surface area contributed by atoms with Gasteiger partial charge >= 0.3 is 6.09 Å². The van der Waals surface area contributed by atoms with E-state index in [9.17, 15) is 9.59 Å². The summed E-state index contributed by atoms with van der Waals surface area (Å²) < 4.78 is 5.67. The van der Waals surface area contributed by atoms with Gasteiger partial charge in [-0.3, -0.25) is 4.79 Å². The first-order valence-corrected chi connectivity index (χ1v) is 7.02. The van der Waals surface area contributed by atoms with Crippen LogP contribution < -0.4 is 10.1 Å². The van der Waals surface area contributed by atoms with Crippen LogP contribution in [0.2, 0.25) is 0 Å². The van der Waals surface area contributed by atoms with Crippen molar-refractivity contribution in [3.63, 3.8) is 0 Å². The highest BCUT2D eigenvalue weighted by atomic mass is 16.5. The third kappa shape index (κ3) is 4.19. The molecular formula is C15H20N2O4. The molecule has 0 saturated carbocycles. The highest BCUT2D eigenvalue weighted by Crippen LogP contribution is 2.18. The van der Waals surface area contributed by atoms with Crippen molar-refractivity contribution < 1.29 is 19.4 Å². The lowest BCUT2D eigenvalue weighted by atomic mass is 10.1. The lowest BCUT2D eigenvalue weighted by Gasteiger charge is -2.31. The maximum absolute atomic E-state index is 11.5. The van der Waals surface area contributed by atoms with E-state index in [1.165, 1.54) is 11.8 Å². The molecule has 0 bridgehead atoms. The Kier molecular flexibility index (Phi) is 5.16. The maximum atomic E-state index is 11.5. The second-order valence-corrected chi connectivity index (χ2v) is 5.07. The van der Waals surface area contributed by atoms with Crippen LogP contribution in [-0.4, -0.2) is 54.2 Å². The Labute approximate surface area is 123 Å². The summed E-state index contributed by atoms with van der Waals surface area (Å²) in [7, 11) is 0. The molecule has 1 aliphatic heterocycles. The Morgan fingerprint density at radius 2 is 2.19 bits per heavy atom. The molecule has 114 valence electrons. The number of Topliss-reactive ketones (excluding diaryl/α,β-unsaturated/α-hetero) is 1. The number of carbonyl (C=O) groups excluding carboxylic acids is 1. The molecule has 1 fully saturated rings. The zero-order valence-electron chi connectivity index (χ0n) is 12.0. The number of hydrogen-bond acceptors (Lipinski definition) is 4. The average Bonchev–Trinajstić information content (AvgIpc) is 2.48. The first kappa shape index (κ1) is 15.3. The van der Waals surface area contributed by atoms with Crippen molar-refractivity contribution >= 4 is 11.9 Å². The van der Waals surface area contributed by atoms with Gasteiger partial charge in [0, 0.05) is 25.7 Å². The number of rotatable bonds is 5. The van der Waals surface area contributed by atoms with E-state index >= 15 is 0 Å². The van der Waals surface area contributed by atoms with E-state index in [4.69, 9.17) is 9.84 Å². The lowest BCUT2D eigenvalue weighted by molar-refractivity contribution is 0.101. The predicted octanol–water partition coefficient (Wildman–Crippen LogP) is 1.61. The molecule has 0 aromatic heterocycles. The van der Waals surface area contributed by atoms with Crippen molar-refractivity contribution in [1.82, 2.24) is 10.2 Å². The fourth-order valence-corrected chi connectivity index (χ4v) is 2.39. The van der Waals surface area contributed by atoms with Crippen molar-refractivity contribution in [3.8, 4) is 5.75 Å². The third-order valence-corrected chi connectivity index (χ3v) is 3.52. The number of nitrogens with one attached hydrogen (secondary N) is 1. The van der Waals surface area contributed by atoms with E-state index in [0.29, 0.717) is 44.0 Å². The molecule has 1 amide bonds. The SMILES string of the molecule is CC(=O)c1ccccc1OCC[C@@H]1CN(C(=O)O)CCN1. The molecule has 1 heterocycles. The van der Waals surface area contributed by atoms with Crippen LogP contribution in [0.15, 0.2) is 24.3 Å². The highest BCUT2D eigenvalue weighted by molar-refractivity contribution is 5.96. The molecule has 0 spiro atoms. The van der Waals surface area contributed by atoms with Gasteiger partial charge in [-0.1, -0.05) is 12.1 Å². The number of para-hydroxylation sites is 1. The summed E-state index contributed by atoms with van der Waals surface area (Å²) in [5.74, 6) is 0.550. The number of ether oxygens (including phenoxy) is 1. The van der Waals surface area contributed by atoms with Crippen LogP contribution >= 0.6 is 0 Å². The van der Waals surface area contributed by atoms with Gasteiger partial charge in [0.2, 0.25) is 0 Å². The van der Waals surface area contributed by atoms with Crippen LogP contribution in [0.4, 0.5) is 4.79 Å². The smallest absolute Gasteiger partial charge is 0.407 e. The number of carboxylic acid groups (broad SMARTS) is 1. The van der Waals surface area contributed by atoms with Gasteiger partial charge in [-0.15, -0.1) is 0 Å². The van der Waals surface area contributed by atoms with Crippen LogP contribution in [-0.2, 0) is 0 Å². The van der Waals surface area contributed by atoms with Gasteiger partial charge in [0.05, 0.1) is 12.2 Å². The molecule has 0 aliphatic carbocycles. The lowest BCUT2D eigenvalue weighted by Crippen LogP contribution is -2.52. The molecule has 1 aromatic rings. The van der Waals surface area contributed by atoms with Crippen LogP contribution in [0.5, 0.6) is 5.75 Å². The minimum atomic E-state index is -0.885. The molecule has 1 saturated heterocycles. The number of nitrogens with zero attached hydrogens (tertiary/aromatic N) is 1. The van der Waals surface area contributed by atoms with Crippen molar-refractivity contribution in [1.29, 1.82) is 0 Å². The number of piperazine rings is 1. The molecule has 6 heteroatoms. The maximum Gasteiger partial charge on any atom is 0.407 e. The molecule has 21 heavy (non-hydrogen) atoms. The summed E-state index contributed by atoms with van der Waals surface area (Å²) in [4.78, 5) is 23.8. The summed E-state index contributed by atoms with van der Waals surface area (Å²) in [5, 5.41) is 12.3. The van der Waals surface area contributed by atoms with Crippen LogP contribution in [0, 0.1) is 0 Å². The summed E-state index contributed by atoms with van der Waals surface area (Å²) in [6.45, 7) is 3.58. The number of carbonyl (C=O) groups is 2. The summed E-state index contributed by atoms with van der Waals surface area (Å²) in [6, 6.07) is 7.22. The normalized spacial score (nSPS) is 18.3. The number of ketones is 1. The monoisotopic (exact) mass is 292 g/mol. The van der Waals surface area contributed by atoms with Crippen LogP contribution in [0.3, 0.4) is 0 Å². The van der Waals surface area contributed by atoms with E-state index in [0.717, 1.165) is 0 Å². The largest absolute Gasteiger partial charge is 0.493 e. The van der Waals surface area contributed by atoms with Gasteiger partial charge in [-0.05, 0) is 25.5 Å². The highest BCUT2D eigenvalue weighted by Gasteiger charge is 2.22. The minimum absolute atomic E-state index is 0.0292. The van der Waals surface area contributed by atoms with Crippen molar-refractivity contribution in [2.75, 3.05) is 26.2 Å². The van der Waals surface area contributed by atoms with Gasteiger partial charge in [0.25, 0.3) is 0 Å². The minimum Gasteiger partial charge on any atom is -0.493 e. The second-order valence-electron chi connectivity index (χ2n) is 5.07. The molecule has 6 nitrogen and oxygen atoms in total. The van der Waals surface area contributed by atoms with Crippen molar-refractivity contribution in [2.24, 2.45) is 0 Å². The quantitative estimate of drug-likeness (QED) is 0.806. The first-order valence-electron chi connectivity index (χ1n) is 7.02. The fourth-order valence-electron chi connectivity index (χ4n) is 2.39. The van der Waals surface area contributed by atoms with Gasteiger partial charge in [-0.2, -0.15) is 0 Å².